The molecule has 0 aliphatic carbocycles. The molecule has 12 heavy (non-hydrogen) atoms. The first-order valence-corrected chi connectivity index (χ1v) is 4.32. The number of urea groups is 1. The minimum Gasteiger partial charge on any atom is -0.338 e. The zero-order valence-corrected chi connectivity index (χ0v) is 8.13. The first kappa shape index (κ1) is 11.2. The van der Waals surface area contributed by atoms with E-state index in [0.29, 0.717) is 13.1 Å². The molecule has 4 heteroatoms. The van der Waals surface area contributed by atoms with Crippen molar-refractivity contribution < 1.29 is 4.79 Å². The average molecular weight is 173 g/mol. The molecule has 1 unspecified atom stereocenters. The molecule has 72 valence electrons. The smallest absolute Gasteiger partial charge is 0.317 e. The maximum Gasteiger partial charge on any atom is 0.317 e. The van der Waals surface area contributed by atoms with Crippen molar-refractivity contribution in [1.29, 1.82) is 0 Å². The van der Waals surface area contributed by atoms with Crippen LogP contribution in [0.15, 0.2) is 0 Å². The minimum absolute atomic E-state index is 0.0295. The molecule has 0 radical (unpaired) electrons. The second-order valence-corrected chi connectivity index (χ2v) is 3.02. The third-order valence-corrected chi connectivity index (χ3v) is 1.59. The van der Waals surface area contributed by atoms with Gasteiger partial charge < -0.3 is 16.0 Å². The van der Waals surface area contributed by atoms with Crippen molar-refractivity contribution >= 4 is 6.03 Å². The lowest BCUT2D eigenvalue weighted by Gasteiger charge is -2.18. The van der Waals surface area contributed by atoms with Crippen molar-refractivity contribution in [2.24, 2.45) is 5.73 Å². The van der Waals surface area contributed by atoms with Gasteiger partial charge in [-0.1, -0.05) is 0 Å². The van der Waals surface area contributed by atoms with Crippen LogP contribution in [0.4, 0.5) is 4.79 Å². The SMILES string of the molecule is CCNC(=O)N(C)CCC(C)N. The maximum atomic E-state index is 11.1. The summed E-state index contributed by atoms with van der Waals surface area (Å²) in [4.78, 5) is 12.8. The van der Waals surface area contributed by atoms with Gasteiger partial charge in [0, 0.05) is 26.2 Å². The molecular formula is C8H19N3O. The second kappa shape index (κ2) is 5.83. The molecule has 0 aromatic heterocycles. The number of carbonyl (C=O) groups is 1. The zero-order valence-electron chi connectivity index (χ0n) is 8.13. The molecular weight excluding hydrogens is 154 g/mol. The lowest BCUT2D eigenvalue weighted by atomic mass is 10.2. The Hall–Kier alpha value is -0.770. The van der Waals surface area contributed by atoms with Crippen LogP contribution >= 0.6 is 0 Å². The van der Waals surface area contributed by atoms with Gasteiger partial charge in [-0.25, -0.2) is 4.79 Å². The number of nitrogens with two attached hydrogens (primary N) is 1. The number of hydrogen-bond donors (Lipinski definition) is 2. The summed E-state index contributed by atoms with van der Waals surface area (Å²) in [5, 5.41) is 2.72. The molecule has 0 aliphatic rings. The highest BCUT2D eigenvalue weighted by Gasteiger charge is 2.06. The van der Waals surface area contributed by atoms with Gasteiger partial charge in [0.2, 0.25) is 0 Å². The Morgan fingerprint density at radius 1 is 1.67 bits per heavy atom. The van der Waals surface area contributed by atoms with Crippen molar-refractivity contribution in [3.05, 3.63) is 0 Å². The quantitative estimate of drug-likeness (QED) is 0.646. The van der Waals surface area contributed by atoms with Crippen molar-refractivity contribution in [3.8, 4) is 0 Å². The summed E-state index contributed by atoms with van der Waals surface area (Å²) in [6.07, 6.45) is 0.841. The fourth-order valence-corrected chi connectivity index (χ4v) is 0.785. The highest BCUT2D eigenvalue weighted by molar-refractivity contribution is 5.73. The normalized spacial score (nSPS) is 12.3. The van der Waals surface area contributed by atoms with Crippen molar-refractivity contribution in [3.63, 3.8) is 0 Å². The number of amides is 2. The predicted molar refractivity (Wildman–Crippen MR) is 50.0 cm³/mol. The standard InChI is InChI=1S/C8H19N3O/c1-4-10-8(12)11(3)6-5-7(2)9/h7H,4-6,9H2,1-3H3,(H,10,12). The molecule has 0 saturated carbocycles. The third kappa shape index (κ3) is 4.96. The van der Waals surface area contributed by atoms with Gasteiger partial charge >= 0.3 is 6.03 Å². The van der Waals surface area contributed by atoms with E-state index in [1.54, 1.807) is 11.9 Å². The first-order chi connectivity index (χ1) is 5.57. The summed E-state index contributed by atoms with van der Waals surface area (Å²) in [6, 6.07) is 0.125. The maximum absolute atomic E-state index is 11.1. The monoisotopic (exact) mass is 173 g/mol. The first-order valence-electron chi connectivity index (χ1n) is 4.32. The largest absolute Gasteiger partial charge is 0.338 e. The van der Waals surface area contributed by atoms with Crippen LogP contribution in [0.25, 0.3) is 0 Å². The van der Waals surface area contributed by atoms with Gasteiger partial charge in [0.25, 0.3) is 0 Å². The number of nitrogens with zero attached hydrogens (tertiary/aromatic N) is 1. The Morgan fingerprint density at radius 3 is 2.67 bits per heavy atom. The van der Waals surface area contributed by atoms with E-state index < -0.39 is 0 Å². The molecule has 0 aromatic rings. The number of nitrogens with one attached hydrogen (secondary N) is 1. The van der Waals surface area contributed by atoms with Gasteiger partial charge in [-0.3, -0.25) is 0 Å². The van der Waals surface area contributed by atoms with Crippen molar-refractivity contribution in [2.45, 2.75) is 26.3 Å². The lowest BCUT2D eigenvalue weighted by Crippen LogP contribution is -2.38. The van der Waals surface area contributed by atoms with Crippen LogP contribution in [-0.2, 0) is 0 Å². The van der Waals surface area contributed by atoms with Crippen LogP contribution < -0.4 is 11.1 Å². The fourth-order valence-electron chi connectivity index (χ4n) is 0.785. The molecule has 0 aliphatic heterocycles. The second-order valence-electron chi connectivity index (χ2n) is 3.02. The molecule has 0 bridgehead atoms. The minimum atomic E-state index is -0.0295. The van der Waals surface area contributed by atoms with Gasteiger partial charge in [0.05, 0.1) is 0 Å². The van der Waals surface area contributed by atoms with Gasteiger partial charge in [-0.2, -0.15) is 0 Å². The highest BCUT2D eigenvalue weighted by atomic mass is 16.2. The molecule has 0 rings (SSSR count). The lowest BCUT2D eigenvalue weighted by molar-refractivity contribution is 0.208. The summed E-state index contributed by atoms with van der Waals surface area (Å²) < 4.78 is 0. The molecule has 2 amide bonds. The Bertz CT molecular complexity index is 136. The van der Waals surface area contributed by atoms with Crippen molar-refractivity contribution in [1.82, 2.24) is 10.2 Å². The van der Waals surface area contributed by atoms with Gasteiger partial charge in [-0.05, 0) is 20.3 Å². The number of hydrogen-bond acceptors (Lipinski definition) is 2. The summed E-state index contributed by atoms with van der Waals surface area (Å²) >= 11 is 0. The van der Waals surface area contributed by atoms with E-state index in [4.69, 9.17) is 5.73 Å². The summed E-state index contributed by atoms with van der Waals surface area (Å²) in [5.74, 6) is 0. The van der Waals surface area contributed by atoms with Crippen LogP contribution in [0.1, 0.15) is 20.3 Å². The van der Waals surface area contributed by atoms with Crippen LogP contribution in [-0.4, -0.2) is 37.1 Å². The van der Waals surface area contributed by atoms with E-state index >= 15 is 0 Å². The van der Waals surface area contributed by atoms with Gasteiger partial charge in [0.1, 0.15) is 0 Å². The van der Waals surface area contributed by atoms with E-state index in [0.717, 1.165) is 6.42 Å². The number of carbonyl (C=O) groups excluding carboxylic acids is 1. The van der Waals surface area contributed by atoms with Gasteiger partial charge in [-0.15, -0.1) is 0 Å². The summed E-state index contributed by atoms with van der Waals surface area (Å²) in [5.41, 5.74) is 5.56. The summed E-state index contributed by atoms with van der Waals surface area (Å²) in [7, 11) is 1.77. The number of rotatable bonds is 4. The molecule has 0 spiro atoms. The Balaban J connectivity index is 3.56. The third-order valence-electron chi connectivity index (χ3n) is 1.59. The fraction of sp³-hybridized carbons (Fsp3) is 0.875. The molecule has 4 nitrogen and oxygen atoms in total. The van der Waals surface area contributed by atoms with E-state index in [1.807, 2.05) is 13.8 Å². The molecule has 0 heterocycles. The van der Waals surface area contributed by atoms with Crippen molar-refractivity contribution in [2.75, 3.05) is 20.1 Å². The van der Waals surface area contributed by atoms with Crippen LogP contribution in [0.2, 0.25) is 0 Å². The van der Waals surface area contributed by atoms with E-state index in [-0.39, 0.29) is 12.1 Å². The molecule has 0 saturated heterocycles. The topological polar surface area (TPSA) is 58.4 Å². The van der Waals surface area contributed by atoms with Gasteiger partial charge in [0.15, 0.2) is 0 Å². The zero-order chi connectivity index (χ0) is 9.56. The Kier molecular flexibility index (Phi) is 5.45. The molecule has 0 fully saturated rings. The van der Waals surface area contributed by atoms with Crippen LogP contribution in [0.3, 0.4) is 0 Å². The summed E-state index contributed by atoms with van der Waals surface area (Å²) in [6.45, 7) is 5.22. The molecule has 1 atom stereocenters. The Morgan fingerprint density at radius 2 is 2.25 bits per heavy atom. The Labute approximate surface area is 74.1 Å². The van der Waals surface area contributed by atoms with Crippen LogP contribution in [0, 0.1) is 0 Å². The molecule has 3 N–H and O–H groups in total. The van der Waals surface area contributed by atoms with E-state index in [9.17, 15) is 4.79 Å². The van der Waals surface area contributed by atoms with E-state index in [2.05, 4.69) is 5.32 Å². The average Bonchev–Trinajstić information content (AvgIpc) is 2.00. The highest BCUT2D eigenvalue weighted by Crippen LogP contribution is 1.91. The predicted octanol–water partition coefficient (Wildman–Crippen LogP) is 0.385. The molecule has 0 aromatic carbocycles. The van der Waals surface area contributed by atoms with E-state index in [1.165, 1.54) is 0 Å². The van der Waals surface area contributed by atoms with Crippen LogP contribution in [0.5, 0.6) is 0 Å².